The molecule has 9 heteroatoms. The van der Waals surface area contributed by atoms with Crippen LogP contribution in [0.4, 0.5) is 0 Å². The van der Waals surface area contributed by atoms with E-state index in [1.54, 1.807) is 42.3 Å². The van der Waals surface area contributed by atoms with E-state index in [2.05, 4.69) is 15.6 Å². The van der Waals surface area contributed by atoms with E-state index in [9.17, 15) is 14.4 Å². The molecule has 164 valence electrons. The maximum Gasteiger partial charge on any atom is 0.269 e. The lowest BCUT2D eigenvalue weighted by Crippen LogP contribution is -2.45. The van der Waals surface area contributed by atoms with E-state index in [4.69, 9.17) is 9.15 Å². The van der Waals surface area contributed by atoms with Gasteiger partial charge in [0, 0.05) is 44.9 Å². The van der Waals surface area contributed by atoms with Gasteiger partial charge in [-0.05, 0) is 37.1 Å². The number of likely N-dealkylation sites (tertiary alicyclic amines) is 1. The van der Waals surface area contributed by atoms with Gasteiger partial charge in [-0.25, -0.2) is 0 Å². The minimum absolute atomic E-state index is 0.0376. The molecule has 1 unspecified atom stereocenters. The van der Waals surface area contributed by atoms with Gasteiger partial charge in [0.05, 0.1) is 12.8 Å². The molecule has 0 spiro atoms. The molecule has 3 rings (SSSR count). The molecule has 3 amide bonds. The number of rotatable bonds is 8. The summed E-state index contributed by atoms with van der Waals surface area (Å²) in [6, 6.07) is 6.76. The predicted molar refractivity (Wildman–Crippen MR) is 113 cm³/mol. The van der Waals surface area contributed by atoms with E-state index in [1.807, 2.05) is 0 Å². The lowest BCUT2D eigenvalue weighted by atomic mass is 10.1. The second-order valence-electron chi connectivity index (χ2n) is 7.07. The summed E-state index contributed by atoms with van der Waals surface area (Å²) in [6.07, 6.45) is 7.67. The van der Waals surface area contributed by atoms with Crippen LogP contribution in [0.1, 0.15) is 35.5 Å². The predicted octanol–water partition coefficient (Wildman–Crippen LogP) is 1.62. The first-order valence-electron chi connectivity index (χ1n) is 10.2. The fraction of sp³-hybridized carbons (Fsp3) is 0.364. The summed E-state index contributed by atoms with van der Waals surface area (Å²) in [6.45, 7) is 1.37. The molecule has 1 atom stereocenters. The third-order valence-electron chi connectivity index (χ3n) is 4.80. The highest BCUT2D eigenvalue weighted by molar-refractivity contribution is 5.92. The number of ether oxygens (including phenoxy) is 1. The highest BCUT2D eigenvalue weighted by Gasteiger charge is 2.25. The van der Waals surface area contributed by atoms with Gasteiger partial charge >= 0.3 is 0 Å². The first-order chi connectivity index (χ1) is 15.0. The van der Waals surface area contributed by atoms with Gasteiger partial charge in [0.25, 0.3) is 5.91 Å². The van der Waals surface area contributed by atoms with Crippen LogP contribution in [0.25, 0.3) is 6.08 Å². The van der Waals surface area contributed by atoms with Crippen molar-refractivity contribution in [2.24, 2.45) is 0 Å². The molecular weight excluding hydrogens is 400 g/mol. The van der Waals surface area contributed by atoms with Crippen molar-refractivity contribution in [1.29, 1.82) is 0 Å². The van der Waals surface area contributed by atoms with Crippen molar-refractivity contribution in [2.75, 3.05) is 26.7 Å². The van der Waals surface area contributed by atoms with Crippen LogP contribution in [0, 0.1) is 0 Å². The summed E-state index contributed by atoms with van der Waals surface area (Å²) in [5.74, 6) is 0.524. The van der Waals surface area contributed by atoms with E-state index in [0.29, 0.717) is 24.6 Å². The Balaban J connectivity index is 1.44. The summed E-state index contributed by atoms with van der Waals surface area (Å²) in [7, 11) is 1.54. The van der Waals surface area contributed by atoms with Crippen LogP contribution in [0.3, 0.4) is 0 Å². The molecule has 1 saturated heterocycles. The number of carbonyl (C=O) groups excluding carboxylic acids is 3. The highest BCUT2D eigenvalue weighted by atomic mass is 16.5. The first kappa shape index (κ1) is 22.1. The first-order valence-corrected chi connectivity index (χ1v) is 10.2. The molecule has 1 fully saturated rings. The smallest absolute Gasteiger partial charge is 0.269 e. The number of aromatic nitrogens is 1. The maximum atomic E-state index is 12.5. The van der Waals surface area contributed by atoms with Crippen molar-refractivity contribution in [3.8, 4) is 5.75 Å². The van der Waals surface area contributed by atoms with Crippen LogP contribution in [0.5, 0.6) is 5.75 Å². The number of pyridine rings is 1. The standard InChI is InChI=1S/C22H26N4O5/c1-23-22(29)19-14-17(8-10-24-19)31-18-4-2-12-26(15-18)21(28)9-11-25-20(27)7-6-16-5-3-13-30-16/h3,5-8,10,13-14,18H,2,4,9,11-12,15H2,1H3,(H,23,29)(H,25,27). The van der Waals surface area contributed by atoms with Crippen molar-refractivity contribution in [3.05, 3.63) is 54.3 Å². The molecule has 2 N–H and O–H groups in total. The number of hydrogen-bond donors (Lipinski definition) is 2. The molecule has 0 saturated carbocycles. The number of nitrogens with zero attached hydrogens (tertiary/aromatic N) is 2. The van der Waals surface area contributed by atoms with Crippen molar-refractivity contribution in [1.82, 2.24) is 20.5 Å². The SMILES string of the molecule is CNC(=O)c1cc(OC2CCCN(C(=O)CCNC(=O)C=Cc3ccco3)C2)ccn1. The quantitative estimate of drug-likeness (QED) is 0.620. The number of furan rings is 1. The maximum absolute atomic E-state index is 12.5. The topological polar surface area (TPSA) is 114 Å². The van der Waals surface area contributed by atoms with Crippen LogP contribution >= 0.6 is 0 Å². The minimum Gasteiger partial charge on any atom is -0.488 e. The normalized spacial score (nSPS) is 16.2. The van der Waals surface area contributed by atoms with E-state index in [1.165, 1.54) is 18.5 Å². The number of hydrogen-bond acceptors (Lipinski definition) is 6. The Morgan fingerprint density at radius 3 is 3.00 bits per heavy atom. The van der Waals surface area contributed by atoms with Gasteiger partial charge in [-0.1, -0.05) is 0 Å². The molecule has 0 bridgehead atoms. The van der Waals surface area contributed by atoms with Crippen molar-refractivity contribution >= 4 is 23.8 Å². The Kier molecular flexibility index (Phi) is 7.80. The number of carbonyl (C=O) groups is 3. The van der Waals surface area contributed by atoms with Crippen LogP contribution in [-0.4, -0.2) is 60.4 Å². The lowest BCUT2D eigenvalue weighted by molar-refractivity contribution is -0.133. The highest BCUT2D eigenvalue weighted by Crippen LogP contribution is 2.19. The summed E-state index contributed by atoms with van der Waals surface area (Å²) >= 11 is 0. The molecule has 0 radical (unpaired) electrons. The van der Waals surface area contributed by atoms with Gasteiger partial charge in [0.2, 0.25) is 11.8 Å². The van der Waals surface area contributed by atoms with Gasteiger partial charge in [-0.2, -0.15) is 0 Å². The average molecular weight is 426 g/mol. The van der Waals surface area contributed by atoms with E-state index in [-0.39, 0.29) is 42.5 Å². The molecule has 0 aliphatic carbocycles. The summed E-state index contributed by atoms with van der Waals surface area (Å²) in [4.78, 5) is 41.9. The van der Waals surface area contributed by atoms with E-state index < -0.39 is 0 Å². The second-order valence-corrected chi connectivity index (χ2v) is 7.07. The van der Waals surface area contributed by atoms with Gasteiger partial charge in [0.1, 0.15) is 23.3 Å². The summed E-state index contributed by atoms with van der Waals surface area (Å²) in [5, 5.41) is 5.23. The zero-order valence-electron chi connectivity index (χ0n) is 17.4. The number of nitrogens with one attached hydrogen (secondary N) is 2. The summed E-state index contributed by atoms with van der Waals surface area (Å²) in [5.41, 5.74) is 0.278. The molecule has 3 heterocycles. The molecule has 1 aliphatic rings. The average Bonchev–Trinajstić information content (AvgIpc) is 3.31. The van der Waals surface area contributed by atoms with Crippen LogP contribution in [0.15, 0.2) is 47.2 Å². The Labute approximate surface area is 180 Å². The van der Waals surface area contributed by atoms with Gasteiger partial charge in [-0.3, -0.25) is 19.4 Å². The van der Waals surface area contributed by atoms with E-state index >= 15 is 0 Å². The second kappa shape index (κ2) is 11.0. The Morgan fingerprint density at radius 1 is 1.35 bits per heavy atom. The lowest BCUT2D eigenvalue weighted by Gasteiger charge is -2.33. The van der Waals surface area contributed by atoms with Gasteiger partial charge in [0.15, 0.2) is 0 Å². The third kappa shape index (κ3) is 6.70. The fourth-order valence-electron chi connectivity index (χ4n) is 3.24. The van der Waals surface area contributed by atoms with Crippen molar-refractivity contribution in [2.45, 2.75) is 25.4 Å². The molecule has 0 aromatic carbocycles. The molecular formula is C22H26N4O5. The molecule has 2 aromatic heterocycles. The Hall–Kier alpha value is -3.62. The Morgan fingerprint density at radius 2 is 2.23 bits per heavy atom. The van der Waals surface area contributed by atoms with E-state index in [0.717, 1.165) is 12.8 Å². The minimum atomic E-state index is -0.285. The fourth-order valence-corrected chi connectivity index (χ4v) is 3.24. The Bertz CT molecular complexity index is 926. The van der Waals surface area contributed by atoms with Crippen molar-refractivity contribution in [3.63, 3.8) is 0 Å². The zero-order valence-corrected chi connectivity index (χ0v) is 17.4. The molecule has 9 nitrogen and oxygen atoms in total. The van der Waals surface area contributed by atoms with Crippen LogP contribution in [0.2, 0.25) is 0 Å². The molecule has 2 aromatic rings. The molecule has 31 heavy (non-hydrogen) atoms. The summed E-state index contributed by atoms with van der Waals surface area (Å²) < 4.78 is 11.1. The largest absolute Gasteiger partial charge is 0.488 e. The third-order valence-corrected chi connectivity index (χ3v) is 4.80. The van der Waals surface area contributed by atoms with Crippen molar-refractivity contribution < 1.29 is 23.5 Å². The van der Waals surface area contributed by atoms with Crippen LogP contribution in [-0.2, 0) is 9.59 Å². The van der Waals surface area contributed by atoms with Gasteiger partial charge < -0.3 is 24.7 Å². The zero-order chi connectivity index (χ0) is 22.1. The number of piperidine rings is 1. The number of amides is 3. The molecule has 1 aliphatic heterocycles. The van der Waals surface area contributed by atoms with Gasteiger partial charge in [-0.15, -0.1) is 0 Å². The van der Waals surface area contributed by atoms with Crippen LogP contribution < -0.4 is 15.4 Å². The monoisotopic (exact) mass is 426 g/mol.